The molecular formula is C10H17FN4O4. The van der Waals surface area contributed by atoms with Gasteiger partial charge in [-0.15, -0.1) is 0 Å². The Morgan fingerprint density at radius 1 is 1.26 bits per heavy atom. The average Bonchev–Trinajstić information content (AvgIpc) is 2.40. The molecule has 108 valence electrons. The van der Waals surface area contributed by atoms with Gasteiger partial charge in [0, 0.05) is 13.0 Å². The molecule has 3 N–H and O–H groups in total. The van der Waals surface area contributed by atoms with E-state index in [1.807, 2.05) is 0 Å². The van der Waals surface area contributed by atoms with Gasteiger partial charge in [0.2, 0.25) is 12.3 Å². The van der Waals surface area contributed by atoms with Crippen molar-refractivity contribution in [3.05, 3.63) is 0 Å². The normalized spacial score (nSPS) is 9.37. The topological polar surface area (TPSA) is 108 Å². The summed E-state index contributed by atoms with van der Waals surface area (Å²) >= 11 is 0. The summed E-state index contributed by atoms with van der Waals surface area (Å²) < 4.78 is 12.3. The number of carbonyl (C=O) groups is 4. The van der Waals surface area contributed by atoms with E-state index in [1.54, 1.807) is 6.92 Å². The second-order valence-electron chi connectivity index (χ2n) is 3.42. The highest BCUT2D eigenvalue weighted by Crippen LogP contribution is 1.91. The minimum absolute atomic E-state index is 0.0685. The molecule has 0 saturated carbocycles. The lowest BCUT2D eigenvalue weighted by molar-refractivity contribution is -0.142. The number of hydrogen-bond acceptors (Lipinski definition) is 4. The molecule has 0 saturated heterocycles. The second kappa shape index (κ2) is 9.80. The van der Waals surface area contributed by atoms with Crippen LogP contribution >= 0.6 is 0 Å². The number of nitrogens with one attached hydrogen (secondary N) is 3. The highest BCUT2D eigenvalue weighted by atomic mass is 19.1. The first-order valence-electron chi connectivity index (χ1n) is 5.64. The van der Waals surface area contributed by atoms with Gasteiger partial charge in [-0.3, -0.25) is 29.6 Å². The van der Waals surface area contributed by atoms with Crippen LogP contribution in [-0.4, -0.2) is 55.4 Å². The van der Waals surface area contributed by atoms with E-state index in [-0.39, 0.29) is 25.4 Å². The van der Waals surface area contributed by atoms with Crippen LogP contribution < -0.4 is 16.1 Å². The fraction of sp³-hybridized carbons (Fsp3) is 0.600. The van der Waals surface area contributed by atoms with Gasteiger partial charge in [-0.25, -0.2) is 4.39 Å². The summed E-state index contributed by atoms with van der Waals surface area (Å²) in [7, 11) is 0. The zero-order chi connectivity index (χ0) is 14.7. The first kappa shape index (κ1) is 16.8. The molecule has 4 amide bonds. The molecule has 0 aliphatic heterocycles. The molecule has 0 unspecified atom stereocenters. The van der Waals surface area contributed by atoms with Gasteiger partial charge in [-0.1, -0.05) is 0 Å². The molecule has 9 heteroatoms. The molecular weight excluding hydrogens is 259 g/mol. The van der Waals surface area contributed by atoms with Crippen LogP contribution in [0.3, 0.4) is 0 Å². The first-order valence-corrected chi connectivity index (χ1v) is 5.64. The predicted molar refractivity (Wildman–Crippen MR) is 63.2 cm³/mol. The largest absolute Gasteiger partial charge is 0.356 e. The van der Waals surface area contributed by atoms with E-state index in [1.165, 1.54) is 0 Å². The SMILES string of the molecule is CCNC(=O)CCN(NC(=O)CNC=O)C(=O)CF. The maximum absolute atomic E-state index is 12.3. The van der Waals surface area contributed by atoms with E-state index >= 15 is 0 Å². The van der Waals surface area contributed by atoms with Crippen LogP contribution in [-0.2, 0) is 19.2 Å². The van der Waals surface area contributed by atoms with E-state index in [2.05, 4.69) is 16.1 Å². The summed E-state index contributed by atoms with van der Waals surface area (Å²) in [6, 6.07) is 0. The van der Waals surface area contributed by atoms with Crippen LogP contribution in [0.2, 0.25) is 0 Å². The van der Waals surface area contributed by atoms with Crippen LogP contribution in [0, 0.1) is 0 Å². The molecule has 0 heterocycles. The van der Waals surface area contributed by atoms with Crippen molar-refractivity contribution < 1.29 is 23.6 Å². The Bertz CT molecular complexity index is 337. The standard InChI is InChI=1S/C10H17FN4O4/c1-2-13-8(17)3-4-15(10(19)5-11)14-9(18)6-12-7-16/h7H,2-6H2,1H3,(H,12,16)(H,13,17)(H,14,18). The van der Waals surface area contributed by atoms with Crippen molar-refractivity contribution in [1.82, 2.24) is 21.1 Å². The van der Waals surface area contributed by atoms with Crippen molar-refractivity contribution in [3.63, 3.8) is 0 Å². The fourth-order valence-electron chi connectivity index (χ4n) is 1.14. The van der Waals surface area contributed by atoms with E-state index in [9.17, 15) is 23.6 Å². The van der Waals surface area contributed by atoms with Gasteiger partial charge >= 0.3 is 0 Å². The third-order valence-electron chi connectivity index (χ3n) is 1.96. The zero-order valence-corrected chi connectivity index (χ0v) is 10.6. The third-order valence-corrected chi connectivity index (χ3v) is 1.96. The van der Waals surface area contributed by atoms with Crippen LogP contribution in [0.4, 0.5) is 4.39 Å². The minimum Gasteiger partial charge on any atom is -0.356 e. The van der Waals surface area contributed by atoms with Crippen molar-refractivity contribution in [2.24, 2.45) is 0 Å². The van der Waals surface area contributed by atoms with Crippen LogP contribution in [0.15, 0.2) is 0 Å². The van der Waals surface area contributed by atoms with Crippen molar-refractivity contribution in [1.29, 1.82) is 0 Å². The maximum atomic E-state index is 12.3. The Morgan fingerprint density at radius 3 is 2.47 bits per heavy atom. The number of halogens is 1. The molecule has 19 heavy (non-hydrogen) atoms. The summed E-state index contributed by atoms with van der Waals surface area (Å²) in [5.74, 6) is -1.98. The quantitative estimate of drug-likeness (QED) is 0.355. The number of amides is 4. The Hall–Kier alpha value is -2.19. The summed E-state index contributed by atoms with van der Waals surface area (Å²) in [4.78, 5) is 43.6. The van der Waals surface area contributed by atoms with Gasteiger partial charge < -0.3 is 10.6 Å². The molecule has 0 aromatic rings. The van der Waals surface area contributed by atoms with Crippen LogP contribution in [0.5, 0.6) is 0 Å². The molecule has 0 aromatic heterocycles. The monoisotopic (exact) mass is 276 g/mol. The summed E-state index contributed by atoms with van der Waals surface area (Å²) in [6.45, 7) is 0.375. The predicted octanol–water partition coefficient (Wildman–Crippen LogP) is -1.91. The molecule has 0 spiro atoms. The molecule has 0 aliphatic carbocycles. The van der Waals surface area contributed by atoms with Crippen molar-refractivity contribution in [3.8, 4) is 0 Å². The van der Waals surface area contributed by atoms with E-state index in [0.717, 1.165) is 0 Å². The van der Waals surface area contributed by atoms with Crippen LogP contribution in [0.25, 0.3) is 0 Å². The number of nitrogens with zero attached hydrogens (tertiary/aromatic N) is 1. The van der Waals surface area contributed by atoms with Gasteiger partial charge in [0.25, 0.3) is 11.8 Å². The Morgan fingerprint density at radius 2 is 1.95 bits per heavy atom. The summed E-state index contributed by atoms with van der Waals surface area (Å²) in [5.41, 5.74) is 2.10. The lowest BCUT2D eigenvalue weighted by atomic mass is 10.3. The van der Waals surface area contributed by atoms with Crippen LogP contribution in [0.1, 0.15) is 13.3 Å². The third kappa shape index (κ3) is 7.68. The lowest BCUT2D eigenvalue weighted by Gasteiger charge is -2.21. The summed E-state index contributed by atoms with van der Waals surface area (Å²) in [5, 5.41) is 5.31. The number of rotatable bonds is 8. The molecule has 0 atom stereocenters. The Balaban J connectivity index is 4.30. The average molecular weight is 276 g/mol. The van der Waals surface area contributed by atoms with Crippen molar-refractivity contribution >= 4 is 24.1 Å². The highest BCUT2D eigenvalue weighted by molar-refractivity contribution is 5.85. The van der Waals surface area contributed by atoms with E-state index in [4.69, 9.17) is 0 Å². The van der Waals surface area contributed by atoms with Gasteiger partial charge in [-0.05, 0) is 6.92 Å². The highest BCUT2D eigenvalue weighted by Gasteiger charge is 2.16. The number of carbonyl (C=O) groups excluding carboxylic acids is 4. The van der Waals surface area contributed by atoms with E-state index < -0.39 is 18.5 Å². The van der Waals surface area contributed by atoms with E-state index in [0.29, 0.717) is 18.0 Å². The number of alkyl halides is 1. The second-order valence-corrected chi connectivity index (χ2v) is 3.42. The smallest absolute Gasteiger partial charge is 0.272 e. The van der Waals surface area contributed by atoms with Gasteiger partial charge in [-0.2, -0.15) is 0 Å². The fourth-order valence-corrected chi connectivity index (χ4v) is 1.14. The van der Waals surface area contributed by atoms with Gasteiger partial charge in [0.05, 0.1) is 13.1 Å². The Labute approximate surface area is 109 Å². The molecule has 0 bridgehead atoms. The summed E-state index contributed by atoms with van der Waals surface area (Å²) in [6.07, 6.45) is 0.247. The van der Waals surface area contributed by atoms with Crippen molar-refractivity contribution in [2.45, 2.75) is 13.3 Å². The molecule has 0 radical (unpaired) electrons. The molecule has 8 nitrogen and oxygen atoms in total. The molecule has 0 fully saturated rings. The van der Waals surface area contributed by atoms with Gasteiger partial charge in [0.1, 0.15) is 0 Å². The number of hydrazine groups is 1. The minimum atomic E-state index is -1.29. The number of hydrogen-bond donors (Lipinski definition) is 3. The molecule has 0 rings (SSSR count). The van der Waals surface area contributed by atoms with Crippen molar-refractivity contribution in [2.75, 3.05) is 26.3 Å². The van der Waals surface area contributed by atoms with Gasteiger partial charge in [0.15, 0.2) is 6.67 Å². The molecule has 0 aliphatic rings. The molecule has 0 aromatic carbocycles. The maximum Gasteiger partial charge on any atom is 0.272 e. The first-order chi connectivity index (χ1) is 9.04. The lowest BCUT2D eigenvalue weighted by Crippen LogP contribution is -2.50. The zero-order valence-electron chi connectivity index (χ0n) is 10.6. The Kier molecular flexibility index (Phi) is 8.67.